The van der Waals surface area contributed by atoms with Gasteiger partial charge in [0, 0.05) is 13.0 Å². The Bertz CT molecular complexity index is 314. The molecule has 0 fully saturated rings. The molecule has 13 heavy (non-hydrogen) atoms. The molecule has 0 aliphatic carbocycles. The van der Waals surface area contributed by atoms with Crippen LogP contribution in [0.4, 0.5) is 4.39 Å². The van der Waals surface area contributed by atoms with Gasteiger partial charge in [0.15, 0.2) is 0 Å². The summed E-state index contributed by atoms with van der Waals surface area (Å²) in [6, 6.07) is 5.45. The molecule has 1 unspecified atom stereocenters. The zero-order chi connectivity index (χ0) is 9.26. The molecule has 1 aromatic rings. The zero-order valence-electron chi connectivity index (χ0n) is 7.29. The summed E-state index contributed by atoms with van der Waals surface area (Å²) in [6.07, 6.45) is -0.149. The number of hydrogen-bond donors (Lipinski definition) is 1. The van der Waals surface area contributed by atoms with Gasteiger partial charge in [-0.1, -0.05) is 12.1 Å². The van der Waals surface area contributed by atoms with Crippen molar-refractivity contribution in [2.45, 2.75) is 12.6 Å². The lowest BCUT2D eigenvalue weighted by Gasteiger charge is -2.06. The highest BCUT2D eigenvalue weighted by atomic mass is 19.1. The van der Waals surface area contributed by atoms with Crippen molar-refractivity contribution in [2.75, 3.05) is 13.2 Å². The van der Waals surface area contributed by atoms with E-state index in [2.05, 4.69) is 0 Å². The van der Waals surface area contributed by atoms with Crippen LogP contribution in [0.15, 0.2) is 18.2 Å². The minimum atomic E-state index is -1.07. The fourth-order valence-electron chi connectivity index (χ4n) is 1.51. The average Bonchev–Trinajstić information content (AvgIpc) is 2.63. The Morgan fingerprint density at radius 1 is 1.54 bits per heavy atom. The van der Waals surface area contributed by atoms with Gasteiger partial charge in [0.05, 0.1) is 6.61 Å². The maximum absolute atomic E-state index is 13.2. The van der Waals surface area contributed by atoms with Gasteiger partial charge in [0.2, 0.25) is 0 Å². The molecule has 0 amide bonds. The molecule has 1 aliphatic heterocycles. The van der Waals surface area contributed by atoms with Crippen LogP contribution in [0, 0.1) is 0 Å². The highest BCUT2D eigenvalue weighted by molar-refractivity contribution is 5.40. The monoisotopic (exact) mass is 181 g/mol. The lowest BCUT2D eigenvalue weighted by Crippen LogP contribution is -2.07. The number of nitrogens with two attached hydrogens (primary N) is 1. The van der Waals surface area contributed by atoms with Gasteiger partial charge in [-0.3, -0.25) is 0 Å². The third-order valence-corrected chi connectivity index (χ3v) is 2.29. The van der Waals surface area contributed by atoms with Crippen LogP contribution in [0.1, 0.15) is 17.3 Å². The highest BCUT2D eigenvalue weighted by Crippen LogP contribution is 2.29. The quantitative estimate of drug-likeness (QED) is 0.752. The van der Waals surface area contributed by atoms with Gasteiger partial charge in [-0.05, 0) is 17.2 Å². The maximum atomic E-state index is 13.2. The summed E-state index contributed by atoms with van der Waals surface area (Å²) in [5, 5.41) is 0. The van der Waals surface area contributed by atoms with Crippen molar-refractivity contribution in [3.05, 3.63) is 29.3 Å². The van der Waals surface area contributed by atoms with Gasteiger partial charge in [-0.25, -0.2) is 4.39 Å². The zero-order valence-corrected chi connectivity index (χ0v) is 7.29. The molecule has 1 aromatic carbocycles. The van der Waals surface area contributed by atoms with Crippen molar-refractivity contribution in [1.29, 1.82) is 0 Å². The summed E-state index contributed by atoms with van der Waals surface area (Å²) in [4.78, 5) is 0. The predicted octanol–water partition coefficient (Wildman–Crippen LogP) is 1.59. The molecule has 0 aromatic heterocycles. The van der Waals surface area contributed by atoms with Crippen LogP contribution in [-0.2, 0) is 6.42 Å². The topological polar surface area (TPSA) is 35.2 Å². The molecule has 0 saturated heterocycles. The normalized spacial score (nSPS) is 16.5. The van der Waals surface area contributed by atoms with E-state index >= 15 is 0 Å². The molecule has 0 saturated carbocycles. The van der Waals surface area contributed by atoms with Gasteiger partial charge in [-0.15, -0.1) is 0 Å². The van der Waals surface area contributed by atoms with Crippen LogP contribution < -0.4 is 10.5 Å². The number of fused-ring (bicyclic) bond motifs is 1. The second-order valence-corrected chi connectivity index (χ2v) is 3.17. The summed E-state index contributed by atoms with van der Waals surface area (Å²) in [6.45, 7) is 0.733. The van der Waals surface area contributed by atoms with Crippen LogP contribution in [0.25, 0.3) is 0 Å². The molecule has 0 radical (unpaired) electrons. The number of ether oxygens (including phenoxy) is 1. The van der Waals surface area contributed by atoms with Crippen LogP contribution >= 0.6 is 0 Å². The van der Waals surface area contributed by atoms with E-state index in [1.807, 2.05) is 6.07 Å². The fraction of sp³-hybridized carbons (Fsp3) is 0.400. The number of benzene rings is 1. The second kappa shape index (κ2) is 3.34. The molecule has 1 heterocycles. The Balaban J connectivity index is 2.30. The highest BCUT2D eigenvalue weighted by Gasteiger charge is 2.15. The van der Waals surface area contributed by atoms with E-state index in [1.165, 1.54) is 0 Å². The molecule has 0 spiro atoms. The Kier molecular flexibility index (Phi) is 2.19. The summed E-state index contributed by atoms with van der Waals surface area (Å²) < 4.78 is 18.5. The first-order valence-electron chi connectivity index (χ1n) is 4.41. The van der Waals surface area contributed by atoms with Crippen molar-refractivity contribution in [2.24, 2.45) is 5.73 Å². The van der Waals surface area contributed by atoms with Gasteiger partial charge in [0.1, 0.15) is 11.9 Å². The Morgan fingerprint density at radius 2 is 2.38 bits per heavy atom. The summed E-state index contributed by atoms with van der Waals surface area (Å²) in [5.74, 6) is 0.814. The molecule has 1 aliphatic rings. The second-order valence-electron chi connectivity index (χ2n) is 3.17. The average molecular weight is 181 g/mol. The minimum absolute atomic E-state index is 0.0266. The van der Waals surface area contributed by atoms with E-state index in [-0.39, 0.29) is 6.54 Å². The lowest BCUT2D eigenvalue weighted by atomic mass is 10.1. The summed E-state index contributed by atoms with van der Waals surface area (Å²) in [5.41, 5.74) is 7.01. The van der Waals surface area contributed by atoms with E-state index in [0.29, 0.717) is 12.2 Å². The fourth-order valence-corrected chi connectivity index (χ4v) is 1.51. The number of rotatable bonds is 2. The third kappa shape index (κ3) is 1.52. The van der Waals surface area contributed by atoms with Crippen molar-refractivity contribution in [3.63, 3.8) is 0 Å². The summed E-state index contributed by atoms with van der Waals surface area (Å²) in [7, 11) is 0. The molecule has 2 nitrogen and oxygen atoms in total. The first-order chi connectivity index (χ1) is 6.31. The Labute approximate surface area is 76.5 Å². The smallest absolute Gasteiger partial charge is 0.137 e. The van der Waals surface area contributed by atoms with E-state index in [0.717, 1.165) is 17.7 Å². The number of alkyl halides is 1. The number of halogens is 1. The van der Waals surface area contributed by atoms with E-state index < -0.39 is 6.17 Å². The predicted molar refractivity (Wildman–Crippen MR) is 48.5 cm³/mol. The largest absolute Gasteiger partial charge is 0.493 e. The number of hydrogen-bond acceptors (Lipinski definition) is 2. The summed E-state index contributed by atoms with van der Waals surface area (Å²) >= 11 is 0. The maximum Gasteiger partial charge on any atom is 0.137 e. The molecular weight excluding hydrogens is 169 g/mol. The van der Waals surface area contributed by atoms with Crippen LogP contribution in [0.2, 0.25) is 0 Å². The van der Waals surface area contributed by atoms with E-state index in [4.69, 9.17) is 10.5 Å². The standard InChI is InChI=1S/C10H12FNO/c11-9(6-12)8-2-1-7-3-4-13-10(7)5-8/h1-2,5,9H,3-4,6,12H2. The Morgan fingerprint density at radius 3 is 3.15 bits per heavy atom. The molecule has 2 N–H and O–H groups in total. The minimum Gasteiger partial charge on any atom is -0.493 e. The molecule has 1 atom stereocenters. The van der Waals surface area contributed by atoms with Crippen molar-refractivity contribution < 1.29 is 9.13 Å². The van der Waals surface area contributed by atoms with Gasteiger partial charge < -0.3 is 10.5 Å². The third-order valence-electron chi connectivity index (χ3n) is 2.29. The van der Waals surface area contributed by atoms with Gasteiger partial charge in [0.25, 0.3) is 0 Å². The van der Waals surface area contributed by atoms with E-state index in [1.54, 1.807) is 12.1 Å². The Hall–Kier alpha value is -1.09. The van der Waals surface area contributed by atoms with Crippen LogP contribution in [0.5, 0.6) is 5.75 Å². The molecule has 70 valence electrons. The SMILES string of the molecule is NCC(F)c1ccc2c(c1)OCC2. The first kappa shape index (κ1) is 8.51. The van der Waals surface area contributed by atoms with E-state index in [9.17, 15) is 4.39 Å². The molecule has 2 rings (SSSR count). The van der Waals surface area contributed by atoms with Crippen LogP contribution in [0.3, 0.4) is 0 Å². The molecule has 0 bridgehead atoms. The van der Waals surface area contributed by atoms with Gasteiger partial charge in [-0.2, -0.15) is 0 Å². The van der Waals surface area contributed by atoms with Crippen molar-refractivity contribution in [3.8, 4) is 5.75 Å². The molecular formula is C10H12FNO. The first-order valence-corrected chi connectivity index (χ1v) is 4.41. The lowest BCUT2D eigenvalue weighted by molar-refractivity contribution is 0.343. The van der Waals surface area contributed by atoms with Crippen LogP contribution in [-0.4, -0.2) is 13.2 Å². The molecule has 3 heteroatoms. The van der Waals surface area contributed by atoms with Crippen molar-refractivity contribution in [1.82, 2.24) is 0 Å². The van der Waals surface area contributed by atoms with Crippen molar-refractivity contribution >= 4 is 0 Å². The van der Waals surface area contributed by atoms with Gasteiger partial charge >= 0.3 is 0 Å².